The van der Waals surface area contributed by atoms with Crippen molar-refractivity contribution in [2.75, 3.05) is 13.7 Å². The minimum atomic E-state index is -0.249. The Labute approximate surface area is 111 Å². The van der Waals surface area contributed by atoms with Crippen LogP contribution in [0.4, 0.5) is 0 Å². The predicted octanol–water partition coefficient (Wildman–Crippen LogP) is 0.870. The normalized spacial score (nSPS) is 20.6. The van der Waals surface area contributed by atoms with E-state index in [0.29, 0.717) is 23.6 Å². The Hall–Kier alpha value is -2.30. The highest BCUT2D eigenvalue weighted by atomic mass is 16.5. The van der Waals surface area contributed by atoms with Crippen LogP contribution in [0.5, 0.6) is 5.75 Å². The second-order valence-corrected chi connectivity index (χ2v) is 4.41. The van der Waals surface area contributed by atoms with Crippen LogP contribution in [0.2, 0.25) is 0 Å². The molecule has 2 rings (SSSR count). The van der Waals surface area contributed by atoms with Gasteiger partial charge in [-0.2, -0.15) is 0 Å². The summed E-state index contributed by atoms with van der Waals surface area (Å²) in [7, 11) is 1.57. The fraction of sp³-hybridized carbons (Fsp3) is 0.286. The van der Waals surface area contributed by atoms with E-state index in [2.05, 4.69) is 10.6 Å². The van der Waals surface area contributed by atoms with E-state index in [-0.39, 0.29) is 17.7 Å². The molecule has 1 atom stereocenters. The van der Waals surface area contributed by atoms with Crippen molar-refractivity contribution in [3.8, 4) is 5.75 Å². The molecule has 1 aliphatic rings. The van der Waals surface area contributed by atoms with Gasteiger partial charge in [0.15, 0.2) is 5.78 Å². The summed E-state index contributed by atoms with van der Waals surface area (Å²) in [5.41, 5.74) is 0.820. The van der Waals surface area contributed by atoms with Gasteiger partial charge >= 0.3 is 0 Å². The number of methoxy groups -OCH3 is 1. The van der Waals surface area contributed by atoms with E-state index in [1.165, 1.54) is 6.08 Å². The molecule has 1 unspecified atom stereocenters. The maximum Gasteiger partial charge on any atom is 0.267 e. The largest absolute Gasteiger partial charge is 0.497 e. The Balaban J connectivity index is 2.13. The monoisotopic (exact) mass is 260 g/mol. The van der Waals surface area contributed by atoms with Crippen LogP contribution in [-0.2, 0) is 4.79 Å². The first kappa shape index (κ1) is 13.1. The van der Waals surface area contributed by atoms with Gasteiger partial charge < -0.3 is 15.4 Å². The van der Waals surface area contributed by atoms with Crippen LogP contribution in [-0.4, -0.2) is 31.4 Å². The number of hydrogen-bond donors (Lipinski definition) is 2. The van der Waals surface area contributed by atoms with E-state index in [1.54, 1.807) is 31.4 Å². The van der Waals surface area contributed by atoms with Crippen molar-refractivity contribution in [1.82, 2.24) is 10.6 Å². The van der Waals surface area contributed by atoms with Crippen molar-refractivity contribution in [1.29, 1.82) is 0 Å². The molecule has 5 heteroatoms. The Bertz CT molecular complexity index is 520. The van der Waals surface area contributed by atoms with Gasteiger partial charge in [0, 0.05) is 24.2 Å². The topological polar surface area (TPSA) is 67.4 Å². The summed E-state index contributed by atoms with van der Waals surface area (Å²) in [6, 6.07) is 6.83. The molecule has 0 spiro atoms. The van der Waals surface area contributed by atoms with E-state index < -0.39 is 0 Å². The van der Waals surface area contributed by atoms with Gasteiger partial charge in [0.25, 0.3) is 5.91 Å². The molecule has 0 radical (unpaired) electrons. The second kappa shape index (κ2) is 5.56. The smallest absolute Gasteiger partial charge is 0.267 e. The van der Waals surface area contributed by atoms with Gasteiger partial charge in [-0.05, 0) is 31.2 Å². The number of ether oxygens (including phenoxy) is 1. The molecule has 5 nitrogen and oxygen atoms in total. The number of piperazine rings is 1. The molecule has 1 saturated heterocycles. The lowest BCUT2D eigenvalue weighted by atomic mass is 10.1. The minimum absolute atomic E-state index is 0.0701. The molecule has 0 aliphatic carbocycles. The summed E-state index contributed by atoms with van der Waals surface area (Å²) in [4.78, 5) is 23.7. The minimum Gasteiger partial charge on any atom is -0.497 e. The summed E-state index contributed by atoms with van der Waals surface area (Å²) in [5, 5.41) is 5.71. The number of hydrogen-bond acceptors (Lipinski definition) is 4. The molecule has 2 N–H and O–H groups in total. The lowest BCUT2D eigenvalue weighted by molar-refractivity contribution is -0.119. The van der Waals surface area contributed by atoms with Gasteiger partial charge in [0.2, 0.25) is 0 Å². The highest BCUT2D eigenvalue weighted by molar-refractivity contribution is 6.09. The van der Waals surface area contributed by atoms with Crippen LogP contribution < -0.4 is 15.4 Å². The number of benzene rings is 1. The molecule has 100 valence electrons. The molecular formula is C14H16N2O3. The highest BCUT2D eigenvalue weighted by Crippen LogP contribution is 2.12. The summed E-state index contributed by atoms with van der Waals surface area (Å²) in [5.74, 6) is 0.224. The number of amides is 1. The fourth-order valence-corrected chi connectivity index (χ4v) is 1.78. The maximum atomic E-state index is 12.0. The Morgan fingerprint density at radius 2 is 2.05 bits per heavy atom. The Morgan fingerprint density at radius 1 is 1.37 bits per heavy atom. The third-order valence-corrected chi connectivity index (χ3v) is 2.87. The van der Waals surface area contributed by atoms with Crippen molar-refractivity contribution in [3.05, 3.63) is 41.6 Å². The highest BCUT2D eigenvalue weighted by Gasteiger charge is 2.19. The van der Waals surface area contributed by atoms with Gasteiger partial charge in [0.1, 0.15) is 11.4 Å². The number of rotatable bonds is 3. The molecule has 0 saturated carbocycles. The summed E-state index contributed by atoms with van der Waals surface area (Å²) >= 11 is 0. The zero-order chi connectivity index (χ0) is 13.8. The summed E-state index contributed by atoms with van der Waals surface area (Å²) < 4.78 is 5.02. The van der Waals surface area contributed by atoms with Crippen molar-refractivity contribution in [3.63, 3.8) is 0 Å². The SMILES string of the molecule is COc1ccc(C(=O)C=C2NCC(C)NC2=O)cc1. The quantitative estimate of drug-likeness (QED) is 0.625. The number of carbonyl (C=O) groups is 2. The number of carbonyl (C=O) groups excluding carboxylic acids is 2. The van der Waals surface area contributed by atoms with Gasteiger partial charge in [-0.3, -0.25) is 9.59 Å². The molecule has 1 fully saturated rings. The van der Waals surface area contributed by atoms with Crippen LogP contribution in [0, 0.1) is 0 Å². The average molecular weight is 260 g/mol. The first-order valence-electron chi connectivity index (χ1n) is 6.05. The first-order chi connectivity index (χ1) is 9.10. The van der Waals surface area contributed by atoms with Crippen molar-refractivity contribution in [2.24, 2.45) is 0 Å². The predicted molar refractivity (Wildman–Crippen MR) is 71.0 cm³/mol. The molecule has 19 heavy (non-hydrogen) atoms. The molecule has 1 amide bonds. The van der Waals surface area contributed by atoms with E-state index >= 15 is 0 Å². The molecule has 1 aliphatic heterocycles. The van der Waals surface area contributed by atoms with Gasteiger partial charge in [-0.1, -0.05) is 0 Å². The van der Waals surface area contributed by atoms with Gasteiger partial charge in [0.05, 0.1) is 7.11 Å². The fourth-order valence-electron chi connectivity index (χ4n) is 1.78. The summed E-state index contributed by atoms with van der Waals surface area (Å²) in [6.07, 6.45) is 1.32. The van der Waals surface area contributed by atoms with E-state index in [4.69, 9.17) is 4.74 Å². The summed E-state index contributed by atoms with van der Waals surface area (Å²) in [6.45, 7) is 2.51. The van der Waals surface area contributed by atoms with Crippen molar-refractivity contribution < 1.29 is 14.3 Å². The molecule has 1 aromatic carbocycles. The molecule has 0 aromatic heterocycles. The standard InChI is InChI=1S/C14H16N2O3/c1-9-8-15-12(14(18)16-9)7-13(17)10-3-5-11(19-2)6-4-10/h3-7,9,15H,8H2,1-2H3,(H,16,18). The average Bonchev–Trinajstić information content (AvgIpc) is 2.42. The Kier molecular flexibility index (Phi) is 3.85. The van der Waals surface area contributed by atoms with E-state index in [1.807, 2.05) is 6.92 Å². The first-order valence-corrected chi connectivity index (χ1v) is 6.05. The number of allylic oxidation sites excluding steroid dienone is 1. The maximum absolute atomic E-state index is 12.0. The van der Waals surface area contributed by atoms with Crippen LogP contribution in [0.3, 0.4) is 0 Å². The lowest BCUT2D eigenvalue weighted by Crippen LogP contribution is -2.49. The third-order valence-electron chi connectivity index (χ3n) is 2.87. The van der Waals surface area contributed by atoms with Crippen LogP contribution in [0.1, 0.15) is 17.3 Å². The van der Waals surface area contributed by atoms with Crippen LogP contribution in [0.25, 0.3) is 0 Å². The van der Waals surface area contributed by atoms with Gasteiger partial charge in [-0.25, -0.2) is 0 Å². The zero-order valence-corrected chi connectivity index (χ0v) is 10.9. The molecular weight excluding hydrogens is 244 g/mol. The Morgan fingerprint density at radius 3 is 2.63 bits per heavy atom. The van der Waals surface area contributed by atoms with Crippen LogP contribution in [0.15, 0.2) is 36.0 Å². The number of nitrogens with one attached hydrogen (secondary N) is 2. The second-order valence-electron chi connectivity index (χ2n) is 4.41. The van der Waals surface area contributed by atoms with Crippen molar-refractivity contribution in [2.45, 2.75) is 13.0 Å². The van der Waals surface area contributed by atoms with Crippen molar-refractivity contribution >= 4 is 11.7 Å². The number of ketones is 1. The molecule has 0 bridgehead atoms. The third kappa shape index (κ3) is 3.13. The molecule has 1 aromatic rings. The lowest BCUT2D eigenvalue weighted by Gasteiger charge is -2.23. The van der Waals surface area contributed by atoms with Crippen LogP contribution >= 0.6 is 0 Å². The van der Waals surface area contributed by atoms with Gasteiger partial charge in [-0.15, -0.1) is 0 Å². The van der Waals surface area contributed by atoms with E-state index in [0.717, 1.165) is 0 Å². The molecule has 1 heterocycles. The zero-order valence-electron chi connectivity index (χ0n) is 10.9. The van der Waals surface area contributed by atoms with E-state index in [9.17, 15) is 9.59 Å².